The van der Waals surface area contributed by atoms with E-state index in [1.165, 1.54) is 0 Å². The maximum absolute atomic E-state index is 12.6. The summed E-state index contributed by atoms with van der Waals surface area (Å²) in [6.45, 7) is 0.376. The van der Waals surface area contributed by atoms with Gasteiger partial charge >= 0.3 is 0 Å². The highest BCUT2D eigenvalue weighted by Crippen LogP contribution is 2.28. The molecule has 21 heavy (non-hydrogen) atoms. The molecule has 1 heterocycles. The number of amides is 2. The van der Waals surface area contributed by atoms with Crippen LogP contribution in [0.2, 0.25) is 0 Å². The average molecular weight is 288 g/mol. The number of fused-ring (bicyclic) bond motifs is 1. The Balaban J connectivity index is 1.81. The first kappa shape index (κ1) is 14.1. The van der Waals surface area contributed by atoms with E-state index in [1.807, 2.05) is 6.07 Å². The van der Waals surface area contributed by atoms with Gasteiger partial charge in [-0.1, -0.05) is 0 Å². The summed E-state index contributed by atoms with van der Waals surface area (Å²) in [4.78, 5) is 25.8. The molecule has 0 spiro atoms. The average Bonchev–Trinajstić information content (AvgIpc) is 2.43. The van der Waals surface area contributed by atoms with Crippen LogP contribution in [0.4, 0.5) is 5.69 Å². The van der Waals surface area contributed by atoms with Gasteiger partial charge in [-0.3, -0.25) is 9.59 Å². The predicted molar refractivity (Wildman–Crippen MR) is 79.2 cm³/mol. The van der Waals surface area contributed by atoms with E-state index in [9.17, 15) is 14.7 Å². The van der Waals surface area contributed by atoms with Gasteiger partial charge in [0.25, 0.3) is 5.91 Å². The zero-order valence-corrected chi connectivity index (χ0v) is 12.0. The van der Waals surface area contributed by atoms with Crippen molar-refractivity contribution < 1.29 is 14.7 Å². The Kier molecular flexibility index (Phi) is 3.92. The van der Waals surface area contributed by atoms with E-state index in [0.717, 1.165) is 30.5 Å². The Morgan fingerprint density at radius 2 is 2.14 bits per heavy atom. The summed E-state index contributed by atoms with van der Waals surface area (Å²) in [5.41, 5.74) is 2.46. The van der Waals surface area contributed by atoms with Gasteiger partial charge in [-0.05, 0) is 49.4 Å². The number of anilines is 1. The topological polar surface area (TPSA) is 69.6 Å². The summed E-state index contributed by atoms with van der Waals surface area (Å²) >= 11 is 0. The molecule has 1 fully saturated rings. The molecule has 0 bridgehead atoms. The fourth-order valence-corrected chi connectivity index (χ4v) is 2.94. The molecule has 1 aliphatic carbocycles. The van der Waals surface area contributed by atoms with Crippen LogP contribution in [0.25, 0.3) is 0 Å². The van der Waals surface area contributed by atoms with Crippen molar-refractivity contribution in [1.29, 1.82) is 0 Å². The van der Waals surface area contributed by atoms with Gasteiger partial charge in [0.15, 0.2) is 0 Å². The molecule has 112 valence electrons. The van der Waals surface area contributed by atoms with Gasteiger partial charge < -0.3 is 15.3 Å². The van der Waals surface area contributed by atoms with E-state index in [1.54, 1.807) is 17.0 Å². The van der Waals surface area contributed by atoms with Crippen LogP contribution in [0.1, 0.15) is 41.6 Å². The number of aliphatic hydroxyl groups excluding tert-OH is 1. The lowest BCUT2D eigenvalue weighted by Gasteiger charge is -2.37. The first-order valence-corrected chi connectivity index (χ1v) is 7.53. The first-order chi connectivity index (χ1) is 10.2. The summed E-state index contributed by atoms with van der Waals surface area (Å²) in [6, 6.07) is 5.70. The van der Waals surface area contributed by atoms with Crippen LogP contribution in [0.3, 0.4) is 0 Å². The molecular weight excluding hydrogens is 268 g/mol. The van der Waals surface area contributed by atoms with Crippen LogP contribution in [0.5, 0.6) is 0 Å². The molecule has 2 amide bonds. The van der Waals surface area contributed by atoms with Crippen LogP contribution in [-0.4, -0.2) is 41.0 Å². The van der Waals surface area contributed by atoms with E-state index < -0.39 is 0 Å². The summed E-state index contributed by atoms with van der Waals surface area (Å²) in [5.74, 6) is 0.00593. The summed E-state index contributed by atoms with van der Waals surface area (Å²) in [6.07, 6.45) is 4.33. The molecule has 1 saturated carbocycles. The Hall–Kier alpha value is -1.88. The normalized spacial score (nSPS) is 17.7. The van der Waals surface area contributed by atoms with Crippen LogP contribution in [0, 0.1) is 0 Å². The molecule has 0 radical (unpaired) electrons. The highest BCUT2D eigenvalue weighted by Gasteiger charge is 2.29. The molecule has 1 aromatic rings. The summed E-state index contributed by atoms with van der Waals surface area (Å²) in [5, 5.41) is 12.0. The molecule has 0 saturated heterocycles. The SMILES string of the molecule is O=C1CCc2cc(C(=O)N(CCO)C3CCC3)ccc2N1. The quantitative estimate of drug-likeness (QED) is 0.883. The van der Waals surface area contributed by atoms with E-state index in [-0.39, 0.29) is 24.5 Å². The van der Waals surface area contributed by atoms with Crippen molar-refractivity contribution in [2.24, 2.45) is 0 Å². The molecule has 5 heteroatoms. The number of benzene rings is 1. The molecule has 2 aliphatic rings. The van der Waals surface area contributed by atoms with E-state index in [4.69, 9.17) is 0 Å². The van der Waals surface area contributed by atoms with Crippen LogP contribution in [0.15, 0.2) is 18.2 Å². The van der Waals surface area contributed by atoms with E-state index in [0.29, 0.717) is 24.9 Å². The van der Waals surface area contributed by atoms with Crippen LogP contribution < -0.4 is 5.32 Å². The van der Waals surface area contributed by atoms with E-state index in [2.05, 4.69) is 5.32 Å². The van der Waals surface area contributed by atoms with E-state index >= 15 is 0 Å². The minimum absolute atomic E-state index is 0.0107. The van der Waals surface area contributed by atoms with Gasteiger partial charge in [0.1, 0.15) is 0 Å². The maximum Gasteiger partial charge on any atom is 0.254 e. The lowest BCUT2D eigenvalue weighted by Crippen LogP contribution is -2.45. The van der Waals surface area contributed by atoms with Crippen LogP contribution >= 0.6 is 0 Å². The number of carbonyl (C=O) groups excluding carboxylic acids is 2. The number of carbonyl (C=O) groups is 2. The van der Waals surface area contributed by atoms with Gasteiger partial charge in [-0.2, -0.15) is 0 Å². The number of aliphatic hydroxyl groups is 1. The molecule has 1 aromatic carbocycles. The standard InChI is InChI=1S/C16H20N2O3/c19-9-8-18(13-2-1-3-13)16(21)12-4-6-14-11(10-12)5-7-15(20)17-14/h4,6,10,13,19H,1-3,5,7-9H2,(H,17,20). The Labute approximate surface area is 123 Å². The zero-order valence-electron chi connectivity index (χ0n) is 12.0. The summed E-state index contributed by atoms with van der Waals surface area (Å²) in [7, 11) is 0. The van der Waals surface area contributed by atoms with Crippen molar-refractivity contribution in [3.63, 3.8) is 0 Å². The predicted octanol–water partition coefficient (Wildman–Crippen LogP) is 1.56. The maximum atomic E-state index is 12.6. The molecule has 0 atom stereocenters. The Morgan fingerprint density at radius 3 is 2.81 bits per heavy atom. The molecule has 0 unspecified atom stereocenters. The minimum Gasteiger partial charge on any atom is -0.395 e. The zero-order chi connectivity index (χ0) is 14.8. The van der Waals surface area contributed by atoms with Crippen molar-refractivity contribution in [2.45, 2.75) is 38.1 Å². The van der Waals surface area contributed by atoms with Crippen molar-refractivity contribution >= 4 is 17.5 Å². The third-order valence-corrected chi connectivity index (χ3v) is 4.36. The van der Waals surface area contributed by atoms with Gasteiger partial charge in [0, 0.05) is 30.3 Å². The fraction of sp³-hybridized carbons (Fsp3) is 0.500. The lowest BCUT2D eigenvalue weighted by atomic mass is 9.90. The first-order valence-electron chi connectivity index (χ1n) is 7.53. The second-order valence-electron chi connectivity index (χ2n) is 5.73. The highest BCUT2D eigenvalue weighted by molar-refractivity contribution is 5.98. The number of nitrogens with zero attached hydrogens (tertiary/aromatic N) is 1. The monoisotopic (exact) mass is 288 g/mol. The van der Waals surface area contributed by atoms with Crippen molar-refractivity contribution in [2.75, 3.05) is 18.5 Å². The number of aryl methyl sites for hydroxylation is 1. The largest absolute Gasteiger partial charge is 0.395 e. The molecule has 3 rings (SSSR count). The number of rotatable bonds is 4. The third-order valence-electron chi connectivity index (χ3n) is 4.36. The number of hydrogen-bond donors (Lipinski definition) is 2. The minimum atomic E-state index is -0.0200. The molecule has 1 aliphatic heterocycles. The van der Waals surface area contributed by atoms with Gasteiger partial charge in [-0.25, -0.2) is 0 Å². The van der Waals surface area contributed by atoms with Crippen molar-refractivity contribution in [3.8, 4) is 0 Å². The van der Waals surface area contributed by atoms with Gasteiger partial charge in [0.05, 0.1) is 6.61 Å². The fourth-order valence-electron chi connectivity index (χ4n) is 2.94. The van der Waals surface area contributed by atoms with Gasteiger partial charge in [-0.15, -0.1) is 0 Å². The molecule has 2 N–H and O–H groups in total. The van der Waals surface area contributed by atoms with Crippen molar-refractivity contribution in [3.05, 3.63) is 29.3 Å². The summed E-state index contributed by atoms with van der Waals surface area (Å²) < 4.78 is 0. The second kappa shape index (κ2) is 5.85. The van der Waals surface area contributed by atoms with Gasteiger partial charge in [0.2, 0.25) is 5.91 Å². The third kappa shape index (κ3) is 2.78. The molecule has 0 aromatic heterocycles. The Bertz CT molecular complexity index is 567. The lowest BCUT2D eigenvalue weighted by molar-refractivity contribution is -0.116. The number of hydrogen-bond acceptors (Lipinski definition) is 3. The van der Waals surface area contributed by atoms with Crippen molar-refractivity contribution in [1.82, 2.24) is 4.90 Å². The second-order valence-corrected chi connectivity index (χ2v) is 5.73. The highest BCUT2D eigenvalue weighted by atomic mass is 16.3. The molecular formula is C16H20N2O3. The van der Waals surface area contributed by atoms with Crippen LogP contribution in [-0.2, 0) is 11.2 Å². The Morgan fingerprint density at radius 1 is 1.33 bits per heavy atom. The molecule has 5 nitrogen and oxygen atoms in total. The smallest absolute Gasteiger partial charge is 0.254 e. The number of nitrogens with one attached hydrogen (secondary N) is 1.